The zero-order chi connectivity index (χ0) is 13.8. The summed E-state index contributed by atoms with van der Waals surface area (Å²) < 4.78 is 11.0. The largest absolute Gasteiger partial charge is 0.497 e. The van der Waals surface area contributed by atoms with Crippen LogP contribution in [0.15, 0.2) is 18.2 Å². The van der Waals surface area contributed by atoms with Crippen LogP contribution in [0.4, 0.5) is 0 Å². The van der Waals surface area contributed by atoms with Gasteiger partial charge in [-0.1, -0.05) is 20.8 Å². The van der Waals surface area contributed by atoms with Gasteiger partial charge in [-0.25, -0.2) is 0 Å². The van der Waals surface area contributed by atoms with Gasteiger partial charge in [-0.05, 0) is 30.9 Å². The lowest BCUT2D eigenvalue weighted by Crippen LogP contribution is -2.12. The molecular formula is C15H24O3. The minimum absolute atomic E-state index is 0.240. The van der Waals surface area contributed by atoms with E-state index < -0.39 is 6.10 Å². The van der Waals surface area contributed by atoms with Gasteiger partial charge in [0.2, 0.25) is 0 Å². The summed E-state index contributed by atoms with van der Waals surface area (Å²) in [6, 6.07) is 5.50. The van der Waals surface area contributed by atoms with Gasteiger partial charge in [0, 0.05) is 11.6 Å². The summed E-state index contributed by atoms with van der Waals surface area (Å²) in [6.07, 6.45) is 0.421. The average molecular weight is 252 g/mol. The first kappa shape index (κ1) is 14.8. The molecule has 0 amide bonds. The molecule has 0 spiro atoms. The lowest BCUT2D eigenvalue weighted by atomic mass is 9.93. The normalized spacial score (nSPS) is 13.2. The zero-order valence-corrected chi connectivity index (χ0v) is 12.0. The summed E-state index contributed by atoms with van der Waals surface area (Å²) in [4.78, 5) is 0. The second kappa shape index (κ2) is 6.10. The van der Waals surface area contributed by atoms with Gasteiger partial charge in [-0.3, -0.25) is 0 Å². The van der Waals surface area contributed by atoms with E-state index in [1.807, 2.05) is 18.2 Å². The van der Waals surface area contributed by atoms with Crippen LogP contribution in [-0.2, 0) is 0 Å². The molecule has 3 heteroatoms. The Morgan fingerprint density at radius 2 is 1.94 bits per heavy atom. The fourth-order valence-electron chi connectivity index (χ4n) is 1.58. The predicted molar refractivity (Wildman–Crippen MR) is 73.2 cm³/mol. The average Bonchev–Trinajstić information content (AvgIpc) is 2.26. The second-order valence-corrected chi connectivity index (χ2v) is 5.74. The van der Waals surface area contributed by atoms with E-state index in [0.717, 1.165) is 17.7 Å². The third-order valence-corrected chi connectivity index (χ3v) is 2.78. The molecular weight excluding hydrogens is 228 g/mol. The van der Waals surface area contributed by atoms with Crippen LogP contribution in [0.2, 0.25) is 0 Å². The van der Waals surface area contributed by atoms with Crippen LogP contribution in [-0.4, -0.2) is 18.8 Å². The van der Waals surface area contributed by atoms with Gasteiger partial charge in [0.1, 0.15) is 11.5 Å². The highest BCUT2D eigenvalue weighted by Gasteiger charge is 2.13. The fraction of sp³-hybridized carbons (Fsp3) is 0.600. The topological polar surface area (TPSA) is 38.7 Å². The molecule has 0 aliphatic rings. The Kier molecular flexibility index (Phi) is 5.03. The smallest absolute Gasteiger partial charge is 0.128 e. The number of aliphatic hydroxyl groups is 1. The third kappa shape index (κ3) is 4.57. The number of hydrogen-bond acceptors (Lipinski definition) is 3. The van der Waals surface area contributed by atoms with Crippen molar-refractivity contribution in [2.45, 2.75) is 40.2 Å². The van der Waals surface area contributed by atoms with Crippen LogP contribution < -0.4 is 9.47 Å². The first-order valence-corrected chi connectivity index (χ1v) is 6.32. The molecule has 1 aromatic carbocycles. The number of rotatable bonds is 5. The number of methoxy groups -OCH3 is 1. The Morgan fingerprint density at radius 3 is 2.44 bits per heavy atom. The Labute approximate surface area is 110 Å². The molecule has 1 rings (SSSR count). The number of aliphatic hydroxyl groups excluding tert-OH is 1. The number of benzene rings is 1. The second-order valence-electron chi connectivity index (χ2n) is 5.74. The van der Waals surface area contributed by atoms with E-state index in [9.17, 15) is 5.11 Å². The Bertz CT molecular complexity index is 378. The van der Waals surface area contributed by atoms with Crippen LogP contribution in [0, 0.1) is 5.41 Å². The SMILES string of the molecule is COc1ccc([C@H](C)O)c(OCCC(C)(C)C)c1. The first-order valence-electron chi connectivity index (χ1n) is 6.32. The minimum Gasteiger partial charge on any atom is -0.497 e. The van der Waals surface area contributed by atoms with Crippen molar-refractivity contribution in [1.29, 1.82) is 0 Å². The van der Waals surface area contributed by atoms with Crippen molar-refractivity contribution in [3.8, 4) is 11.5 Å². The van der Waals surface area contributed by atoms with Crippen LogP contribution in [0.25, 0.3) is 0 Å². The van der Waals surface area contributed by atoms with Gasteiger partial charge in [0.25, 0.3) is 0 Å². The Hall–Kier alpha value is -1.22. The summed E-state index contributed by atoms with van der Waals surface area (Å²) in [7, 11) is 1.62. The van der Waals surface area contributed by atoms with Crippen molar-refractivity contribution < 1.29 is 14.6 Å². The van der Waals surface area contributed by atoms with Crippen molar-refractivity contribution in [3.63, 3.8) is 0 Å². The van der Waals surface area contributed by atoms with Crippen LogP contribution >= 0.6 is 0 Å². The molecule has 0 unspecified atom stereocenters. The highest BCUT2D eigenvalue weighted by molar-refractivity contribution is 5.41. The fourth-order valence-corrected chi connectivity index (χ4v) is 1.58. The van der Waals surface area contributed by atoms with Gasteiger partial charge in [0.05, 0.1) is 19.8 Å². The summed E-state index contributed by atoms with van der Waals surface area (Å²) in [5, 5.41) is 9.71. The number of hydrogen-bond donors (Lipinski definition) is 1. The molecule has 1 atom stereocenters. The summed E-state index contributed by atoms with van der Waals surface area (Å²) in [6.45, 7) is 8.90. The molecule has 3 nitrogen and oxygen atoms in total. The molecule has 1 N–H and O–H groups in total. The summed E-state index contributed by atoms with van der Waals surface area (Å²) >= 11 is 0. The predicted octanol–water partition coefficient (Wildman–Crippen LogP) is 3.56. The standard InChI is InChI=1S/C15H24O3/c1-11(16)13-7-6-12(17-5)10-14(13)18-9-8-15(2,3)4/h6-7,10-11,16H,8-9H2,1-5H3/t11-/m0/s1. The molecule has 18 heavy (non-hydrogen) atoms. The zero-order valence-electron chi connectivity index (χ0n) is 12.0. The monoisotopic (exact) mass is 252 g/mol. The van der Waals surface area contributed by atoms with E-state index in [4.69, 9.17) is 9.47 Å². The molecule has 0 aliphatic carbocycles. The molecule has 0 fully saturated rings. The highest BCUT2D eigenvalue weighted by atomic mass is 16.5. The van der Waals surface area contributed by atoms with E-state index in [1.165, 1.54) is 0 Å². The molecule has 0 aromatic heterocycles. The van der Waals surface area contributed by atoms with Crippen molar-refractivity contribution in [1.82, 2.24) is 0 Å². The lowest BCUT2D eigenvalue weighted by molar-refractivity contribution is 0.186. The van der Waals surface area contributed by atoms with Crippen molar-refractivity contribution >= 4 is 0 Å². The van der Waals surface area contributed by atoms with Crippen LogP contribution in [0.3, 0.4) is 0 Å². The maximum atomic E-state index is 9.71. The molecule has 0 aliphatic heterocycles. The van der Waals surface area contributed by atoms with Gasteiger partial charge in [-0.15, -0.1) is 0 Å². The van der Waals surface area contributed by atoms with E-state index in [0.29, 0.717) is 12.4 Å². The van der Waals surface area contributed by atoms with E-state index in [2.05, 4.69) is 20.8 Å². The minimum atomic E-state index is -0.541. The van der Waals surface area contributed by atoms with E-state index >= 15 is 0 Å². The molecule has 0 bridgehead atoms. The maximum absolute atomic E-state index is 9.71. The van der Waals surface area contributed by atoms with Gasteiger partial charge < -0.3 is 14.6 Å². The van der Waals surface area contributed by atoms with Crippen molar-refractivity contribution in [2.75, 3.05) is 13.7 Å². The molecule has 0 saturated heterocycles. The third-order valence-electron chi connectivity index (χ3n) is 2.78. The van der Waals surface area contributed by atoms with Gasteiger partial charge in [0.15, 0.2) is 0 Å². The van der Waals surface area contributed by atoms with Crippen molar-refractivity contribution in [3.05, 3.63) is 23.8 Å². The maximum Gasteiger partial charge on any atom is 0.128 e. The molecule has 0 saturated carbocycles. The molecule has 1 aromatic rings. The van der Waals surface area contributed by atoms with E-state index in [1.54, 1.807) is 14.0 Å². The highest BCUT2D eigenvalue weighted by Crippen LogP contribution is 2.30. The van der Waals surface area contributed by atoms with E-state index in [-0.39, 0.29) is 5.41 Å². The summed E-state index contributed by atoms with van der Waals surface area (Å²) in [5.74, 6) is 1.44. The summed E-state index contributed by atoms with van der Waals surface area (Å²) in [5.41, 5.74) is 1.04. The first-order chi connectivity index (χ1) is 8.33. The van der Waals surface area contributed by atoms with Gasteiger partial charge >= 0.3 is 0 Å². The Balaban J connectivity index is 2.78. The quantitative estimate of drug-likeness (QED) is 0.870. The van der Waals surface area contributed by atoms with Crippen LogP contribution in [0.5, 0.6) is 11.5 Å². The number of ether oxygens (including phenoxy) is 2. The van der Waals surface area contributed by atoms with Gasteiger partial charge in [-0.2, -0.15) is 0 Å². The molecule has 102 valence electrons. The van der Waals surface area contributed by atoms with Crippen molar-refractivity contribution in [2.24, 2.45) is 5.41 Å². The lowest BCUT2D eigenvalue weighted by Gasteiger charge is -2.20. The molecule has 0 radical (unpaired) electrons. The van der Waals surface area contributed by atoms with Crippen LogP contribution in [0.1, 0.15) is 45.8 Å². The molecule has 0 heterocycles. The Morgan fingerprint density at radius 1 is 1.28 bits per heavy atom.